The molecule has 0 bridgehead atoms. The summed E-state index contributed by atoms with van der Waals surface area (Å²) in [7, 11) is 0. The highest BCUT2D eigenvalue weighted by Crippen LogP contribution is 2.02. The summed E-state index contributed by atoms with van der Waals surface area (Å²) in [6, 6.07) is -0.430. The number of hydrogen-bond acceptors (Lipinski definition) is 4. The first-order valence-electron chi connectivity index (χ1n) is 6.26. The fourth-order valence-corrected chi connectivity index (χ4v) is 1.47. The molecule has 5 heteroatoms. The fourth-order valence-electron chi connectivity index (χ4n) is 1.47. The van der Waals surface area contributed by atoms with Crippen LogP contribution in [0.4, 0.5) is 0 Å². The Hall–Kier alpha value is -0.650. The molecule has 0 aromatic rings. The molecule has 102 valence electrons. The molecule has 1 unspecified atom stereocenters. The van der Waals surface area contributed by atoms with Crippen molar-refractivity contribution in [2.75, 3.05) is 19.8 Å². The largest absolute Gasteiger partial charge is 0.394 e. The third kappa shape index (κ3) is 6.61. The summed E-state index contributed by atoms with van der Waals surface area (Å²) in [4.78, 5) is 11.7. The predicted octanol–water partition coefficient (Wildman–Crippen LogP) is 0.0142. The zero-order valence-electron chi connectivity index (χ0n) is 11.1. The van der Waals surface area contributed by atoms with Crippen molar-refractivity contribution in [3.8, 4) is 0 Å². The monoisotopic (exact) mass is 246 g/mol. The van der Waals surface area contributed by atoms with Crippen LogP contribution in [0.5, 0.6) is 0 Å². The molecule has 0 rings (SSSR count). The average Bonchev–Trinajstić information content (AvgIpc) is 2.34. The number of amides is 1. The Morgan fingerprint density at radius 2 is 1.88 bits per heavy atom. The molecule has 5 nitrogen and oxygen atoms in total. The molecule has 0 aliphatic rings. The van der Waals surface area contributed by atoms with E-state index in [9.17, 15) is 4.79 Å². The van der Waals surface area contributed by atoms with Crippen molar-refractivity contribution in [3.63, 3.8) is 0 Å². The standard InChI is InChI=1S/C12H26N2O3/c1-4-5-6-7-13-11(17)10(2)14-12(3,8-15)9-16/h10,14-16H,4-9H2,1-3H3,(H,13,17). The van der Waals surface area contributed by atoms with Gasteiger partial charge in [-0.1, -0.05) is 19.8 Å². The van der Waals surface area contributed by atoms with Crippen LogP contribution < -0.4 is 10.6 Å². The average molecular weight is 246 g/mol. The van der Waals surface area contributed by atoms with E-state index in [-0.39, 0.29) is 19.1 Å². The number of unbranched alkanes of at least 4 members (excludes halogenated alkanes) is 2. The molecule has 0 aliphatic heterocycles. The molecular formula is C12H26N2O3. The van der Waals surface area contributed by atoms with E-state index in [1.807, 2.05) is 0 Å². The third-order valence-electron chi connectivity index (χ3n) is 2.74. The molecule has 0 fully saturated rings. The zero-order valence-corrected chi connectivity index (χ0v) is 11.1. The number of rotatable bonds is 9. The van der Waals surface area contributed by atoms with Gasteiger partial charge in [0.1, 0.15) is 0 Å². The molecule has 0 aromatic carbocycles. The molecule has 0 saturated heterocycles. The van der Waals surface area contributed by atoms with Gasteiger partial charge in [-0.15, -0.1) is 0 Å². The molecule has 17 heavy (non-hydrogen) atoms. The fraction of sp³-hybridized carbons (Fsp3) is 0.917. The Bertz CT molecular complexity index is 218. The summed E-state index contributed by atoms with van der Waals surface area (Å²) in [5.41, 5.74) is -0.819. The minimum atomic E-state index is -0.819. The van der Waals surface area contributed by atoms with Crippen molar-refractivity contribution in [1.82, 2.24) is 10.6 Å². The first-order valence-corrected chi connectivity index (χ1v) is 6.26. The highest BCUT2D eigenvalue weighted by Gasteiger charge is 2.26. The maximum absolute atomic E-state index is 11.7. The van der Waals surface area contributed by atoms with Crippen LogP contribution in [0.1, 0.15) is 40.0 Å². The Morgan fingerprint density at radius 1 is 1.29 bits per heavy atom. The summed E-state index contributed by atoms with van der Waals surface area (Å²) in [5.74, 6) is -0.103. The van der Waals surface area contributed by atoms with Gasteiger partial charge < -0.3 is 15.5 Å². The molecule has 4 N–H and O–H groups in total. The lowest BCUT2D eigenvalue weighted by Crippen LogP contribution is -2.56. The lowest BCUT2D eigenvalue weighted by atomic mass is 10.0. The number of carbonyl (C=O) groups is 1. The van der Waals surface area contributed by atoms with Crippen LogP contribution in [-0.4, -0.2) is 47.5 Å². The molecule has 0 saturated carbocycles. The maximum atomic E-state index is 11.7. The van der Waals surface area contributed by atoms with E-state index in [1.54, 1.807) is 13.8 Å². The van der Waals surface area contributed by atoms with E-state index in [0.29, 0.717) is 6.54 Å². The topological polar surface area (TPSA) is 81.6 Å². The lowest BCUT2D eigenvalue weighted by molar-refractivity contribution is -0.123. The van der Waals surface area contributed by atoms with Crippen molar-refractivity contribution in [1.29, 1.82) is 0 Å². The van der Waals surface area contributed by atoms with E-state index in [2.05, 4.69) is 17.6 Å². The number of aliphatic hydroxyl groups excluding tert-OH is 2. The highest BCUT2D eigenvalue weighted by molar-refractivity contribution is 5.81. The number of nitrogens with one attached hydrogen (secondary N) is 2. The third-order valence-corrected chi connectivity index (χ3v) is 2.74. The molecule has 1 amide bonds. The molecular weight excluding hydrogens is 220 g/mol. The van der Waals surface area contributed by atoms with Gasteiger partial charge in [0.25, 0.3) is 0 Å². The highest BCUT2D eigenvalue weighted by atomic mass is 16.3. The summed E-state index contributed by atoms with van der Waals surface area (Å²) in [6.07, 6.45) is 3.20. The maximum Gasteiger partial charge on any atom is 0.236 e. The van der Waals surface area contributed by atoms with Crippen LogP contribution >= 0.6 is 0 Å². The number of carbonyl (C=O) groups excluding carboxylic acids is 1. The van der Waals surface area contributed by atoms with Crippen LogP contribution in [0, 0.1) is 0 Å². The first kappa shape index (κ1) is 16.4. The van der Waals surface area contributed by atoms with Crippen molar-refractivity contribution in [2.45, 2.75) is 51.6 Å². The van der Waals surface area contributed by atoms with Crippen LogP contribution in [0.2, 0.25) is 0 Å². The quantitative estimate of drug-likeness (QED) is 0.432. The molecule has 1 atom stereocenters. The Balaban J connectivity index is 3.96. The molecule has 0 aromatic heterocycles. The second-order valence-corrected chi connectivity index (χ2v) is 4.74. The Kier molecular flexibility index (Phi) is 8.12. The van der Waals surface area contributed by atoms with Crippen LogP contribution in [0.25, 0.3) is 0 Å². The van der Waals surface area contributed by atoms with E-state index in [0.717, 1.165) is 19.3 Å². The lowest BCUT2D eigenvalue weighted by Gasteiger charge is -2.29. The van der Waals surface area contributed by atoms with Crippen molar-refractivity contribution in [3.05, 3.63) is 0 Å². The summed E-state index contributed by atoms with van der Waals surface area (Å²) < 4.78 is 0. The van der Waals surface area contributed by atoms with Crippen molar-refractivity contribution in [2.24, 2.45) is 0 Å². The van der Waals surface area contributed by atoms with Gasteiger partial charge >= 0.3 is 0 Å². The molecule has 0 heterocycles. The predicted molar refractivity (Wildman–Crippen MR) is 67.7 cm³/mol. The van der Waals surface area contributed by atoms with Crippen molar-refractivity contribution >= 4 is 5.91 Å². The van der Waals surface area contributed by atoms with Crippen LogP contribution in [0.3, 0.4) is 0 Å². The molecule has 0 radical (unpaired) electrons. The van der Waals surface area contributed by atoms with E-state index in [1.165, 1.54) is 0 Å². The van der Waals surface area contributed by atoms with Crippen molar-refractivity contribution < 1.29 is 15.0 Å². The van der Waals surface area contributed by atoms with E-state index < -0.39 is 11.6 Å². The summed E-state index contributed by atoms with van der Waals surface area (Å²) >= 11 is 0. The second kappa shape index (κ2) is 8.44. The second-order valence-electron chi connectivity index (χ2n) is 4.74. The summed E-state index contributed by atoms with van der Waals surface area (Å²) in [6.45, 7) is 5.76. The number of aliphatic hydroxyl groups is 2. The number of hydrogen-bond donors (Lipinski definition) is 4. The first-order chi connectivity index (χ1) is 7.99. The van der Waals surface area contributed by atoms with Crippen LogP contribution in [-0.2, 0) is 4.79 Å². The van der Waals surface area contributed by atoms with Gasteiger partial charge in [-0.25, -0.2) is 0 Å². The zero-order chi connectivity index (χ0) is 13.3. The van der Waals surface area contributed by atoms with Gasteiger partial charge in [0, 0.05) is 6.54 Å². The molecule has 0 aliphatic carbocycles. The van der Waals surface area contributed by atoms with E-state index >= 15 is 0 Å². The summed E-state index contributed by atoms with van der Waals surface area (Å²) in [5, 5.41) is 24.0. The van der Waals surface area contributed by atoms with Crippen LogP contribution in [0.15, 0.2) is 0 Å². The van der Waals surface area contributed by atoms with Gasteiger partial charge in [0.05, 0.1) is 24.8 Å². The van der Waals surface area contributed by atoms with Gasteiger partial charge in [0.15, 0.2) is 0 Å². The van der Waals surface area contributed by atoms with E-state index in [4.69, 9.17) is 10.2 Å². The Labute approximate surface area is 104 Å². The SMILES string of the molecule is CCCCCNC(=O)C(C)NC(C)(CO)CO. The minimum Gasteiger partial charge on any atom is -0.394 e. The van der Waals surface area contributed by atoms with Gasteiger partial charge in [-0.05, 0) is 20.3 Å². The van der Waals surface area contributed by atoms with Gasteiger partial charge in [-0.2, -0.15) is 0 Å². The smallest absolute Gasteiger partial charge is 0.236 e. The Morgan fingerprint density at radius 3 is 2.35 bits per heavy atom. The minimum absolute atomic E-state index is 0.103. The van der Waals surface area contributed by atoms with Gasteiger partial charge in [0.2, 0.25) is 5.91 Å². The normalized spacial score (nSPS) is 13.5. The van der Waals surface area contributed by atoms with Gasteiger partial charge in [-0.3, -0.25) is 10.1 Å². The molecule has 0 spiro atoms.